The predicted molar refractivity (Wildman–Crippen MR) is 98.8 cm³/mol. The van der Waals surface area contributed by atoms with E-state index in [4.69, 9.17) is 4.74 Å². The van der Waals surface area contributed by atoms with Crippen LogP contribution in [0.4, 0.5) is 4.79 Å². The van der Waals surface area contributed by atoms with Crippen molar-refractivity contribution in [3.05, 3.63) is 45.6 Å². The maximum Gasteiger partial charge on any atom is 0.338 e. The predicted octanol–water partition coefficient (Wildman–Crippen LogP) is 4.20. The van der Waals surface area contributed by atoms with Gasteiger partial charge in [-0.05, 0) is 56.2 Å². The molecule has 0 saturated heterocycles. The highest BCUT2D eigenvalue weighted by atomic mass is 79.9. The summed E-state index contributed by atoms with van der Waals surface area (Å²) in [6.07, 6.45) is 3.94. The molecule has 1 aliphatic carbocycles. The van der Waals surface area contributed by atoms with Gasteiger partial charge in [0.1, 0.15) is 6.10 Å². The van der Waals surface area contributed by atoms with Crippen molar-refractivity contribution in [2.24, 2.45) is 5.92 Å². The van der Waals surface area contributed by atoms with Gasteiger partial charge in [0.25, 0.3) is 0 Å². The van der Waals surface area contributed by atoms with Gasteiger partial charge < -0.3 is 15.4 Å². The maximum atomic E-state index is 12.8. The number of hydrogen-bond donors (Lipinski definition) is 2. The summed E-state index contributed by atoms with van der Waals surface area (Å²) >= 11 is 3.40. The summed E-state index contributed by atoms with van der Waals surface area (Å²) in [6, 6.07) is 6.76. The van der Waals surface area contributed by atoms with E-state index in [0.29, 0.717) is 17.2 Å². The molecule has 25 heavy (non-hydrogen) atoms. The molecule has 1 aromatic carbocycles. The Balaban J connectivity index is 1.82. The Kier molecular flexibility index (Phi) is 5.47. The number of ether oxygens (including phenoxy) is 1. The van der Waals surface area contributed by atoms with E-state index in [-0.39, 0.29) is 18.1 Å². The molecule has 2 amide bonds. The number of esters is 1. The van der Waals surface area contributed by atoms with Crippen molar-refractivity contribution in [1.29, 1.82) is 0 Å². The van der Waals surface area contributed by atoms with Gasteiger partial charge in [0.05, 0.1) is 11.6 Å². The molecule has 0 unspecified atom stereocenters. The van der Waals surface area contributed by atoms with Crippen molar-refractivity contribution >= 4 is 27.9 Å². The van der Waals surface area contributed by atoms with Gasteiger partial charge in [0, 0.05) is 10.2 Å². The van der Waals surface area contributed by atoms with E-state index >= 15 is 0 Å². The van der Waals surface area contributed by atoms with Crippen LogP contribution >= 0.6 is 15.9 Å². The summed E-state index contributed by atoms with van der Waals surface area (Å²) in [7, 11) is 0. The van der Waals surface area contributed by atoms with E-state index in [0.717, 1.165) is 35.7 Å². The number of benzene rings is 1. The van der Waals surface area contributed by atoms with Crippen LogP contribution in [0.2, 0.25) is 0 Å². The minimum Gasteiger partial charge on any atom is -0.459 e. The minimum absolute atomic E-state index is 0.0350. The lowest BCUT2D eigenvalue weighted by molar-refractivity contribution is -0.146. The van der Waals surface area contributed by atoms with Crippen molar-refractivity contribution in [3.63, 3.8) is 0 Å². The molecule has 1 heterocycles. The van der Waals surface area contributed by atoms with Gasteiger partial charge in [0.2, 0.25) is 0 Å². The van der Waals surface area contributed by atoms with Crippen LogP contribution in [-0.2, 0) is 9.53 Å². The Hall–Kier alpha value is -1.82. The van der Waals surface area contributed by atoms with Crippen LogP contribution in [-0.4, -0.2) is 18.1 Å². The van der Waals surface area contributed by atoms with Gasteiger partial charge in [-0.25, -0.2) is 9.59 Å². The first kappa shape index (κ1) is 18.0. The van der Waals surface area contributed by atoms with Crippen molar-refractivity contribution in [2.75, 3.05) is 0 Å². The Morgan fingerprint density at radius 2 is 1.80 bits per heavy atom. The molecule has 0 bridgehead atoms. The number of amides is 2. The van der Waals surface area contributed by atoms with Crippen molar-refractivity contribution in [3.8, 4) is 0 Å². The monoisotopic (exact) mass is 406 g/mol. The van der Waals surface area contributed by atoms with E-state index in [9.17, 15) is 9.59 Å². The average Bonchev–Trinajstić information content (AvgIpc) is 2.57. The molecule has 1 atom stereocenters. The first-order valence-corrected chi connectivity index (χ1v) is 9.48. The van der Waals surface area contributed by atoms with Crippen LogP contribution in [0, 0.1) is 5.92 Å². The summed E-state index contributed by atoms with van der Waals surface area (Å²) in [5.74, 6) is 0.347. The van der Waals surface area contributed by atoms with Gasteiger partial charge in [-0.3, -0.25) is 0 Å². The highest BCUT2D eigenvalue weighted by Gasteiger charge is 2.33. The maximum absolute atomic E-state index is 12.8. The first-order valence-electron chi connectivity index (χ1n) is 8.68. The molecule has 1 aliphatic heterocycles. The number of urea groups is 1. The highest BCUT2D eigenvalue weighted by Crippen LogP contribution is 2.31. The number of hydrogen-bond acceptors (Lipinski definition) is 3. The molecule has 1 saturated carbocycles. The summed E-state index contributed by atoms with van der Waals surface area (Å²) in [5.41, 5.74) is 1.87. The number of nitrogens with one attached hydrogen (secondary N) is 2. The van der Waals surface area contributed by atoms with Crippen LogP contribution in [0.3, 0.4) is 0 Å². The largest absolute Gasteiger partial charge is 0.459 e. The fourth-order valence-electron chi connectivity index (χ4n) is 3.43. The second-order valence-corrected chi connectivity index (χ2v) is 7.82. The van der Waals surface area contributed by atoms with Gasteiger partial charge in [-0.2, -0.15) is 0 Å². The van der Waals surface area contributed by atoms with Crippen LogP contribution in [0.1, 0.15) is 51.1 Å². The van der Waals surface area contributed by atoms with Gasteiger partial charge in [0.15, 0.2) is 0 Å². The fraction of sp³-hybridized carbons (Fsp3) is 0.474. The van der Waals surface area contributed by atoms with E-state index in [1.54, 1.807) is 6.92 Å². The molecule has 5 nitrogen and oxygen atoms in total. The molecule has 6 heteroatoms. The third-order valence-electron chi connectivity index (χ3n) is 4.93. The Morgan fingerprint density at radius 3 is 2.44 bits per heavy atom. The fourth-order valence-corrected chi connectivity index (χ4v) is 3.70. The Morgan fingerprint density at radius 1 is 1.16 bits per heavy atom. The molecule has 0 aromatic heterocycles. The summed E-state index contributed by atoms with van der Waals surface area (Å²) in [6.45, 7) is 3.97. The van der Waals surface area contributed by atoms with Crippen molar-refractivity contribution in [2.45, 2.75) is 51.7 Å². The number of halogens is 1. The molecule has 2 N–H and O–H groups in total. The number of carbonyl (C=O) groups is 2. The van der Waals surface area contributed by atoms with Gasteiger partial charge in [-0.1, -0.05) is 35.0 Å². The lowest BCUT2D eigenvalue weighted by Crippen LogP contribution is -2.45. The Bertz CT molecular complexity index is 691. The molecule has 0 spiro atoms. The van der Waals surface area contributed by atoms with E-state index < -0.39 is 6.04 Å². The third-order valence-corrected chi connectivity index (χ3v) is 5.46. The molecule has 3 rings (SSSR count). The molecule has 0 radical (unpaired) electrons. The van der Waals surface area contributed by atoms with E-state index in [2.05, 4.69) is 33.5 Å². The lowest BCUT2D eigenvalue weighted by Gasteiger charge is -2.31. The zero-order chi connectivity index (χ0) is 18.0. The molecule has 134 valence electrons. The summed E-state index contributed by atoms with van der Waals surface area (Å²) < 4.78 is 6.71. The zero-order valence-corrected chi connectivity index (χ0v) is 16.1. The quantitative estimate of drug-likeness (QED) is 0.739. The topological polar surface area (TPSA) is 67.4 Å². The van der Waals surface area contributed by atoms with Crippen molar-refractivity contribution < 1.29 is 14.3 Å². The van der Waals surface area contributed by atoms with E-state index in [1.165, 1.54) is 0 Å². The average molecular weight is 407 g/mol. The molecule has 2 aliphatic rings. The summed E-state index contributed by atoms with van der Waals surface area (Å²) in [5, 5.41) is 5.52. The van der Waals surface area contributed by atoms with Gasteiger partial charge >= 0.3 is 12.0 Å². The Labute approximate surface area is 156 Å². The molecule has 1 fully saturated rings. The smallest absolute Gasteiger partial charge is 0.338 e. The van der Waals surface area contributed by atoms with Crippen LogP contribution in [0.25, 0.3) is 0 Å². The SMILES string of the molecule is CC1=C(C(=O)OC2CCC(C)CC2)[C@@H](c2ccc(Br)cc2)NC(=O)N1. The van der Waals surface area contributed by atoms with Crippen LogP contribution < -0.4 is 10.6 Å². The third kappa shape index (κ3) is 4.24. The second-order valence-electron chi connectivity index (χ2n) is 6.91. The molecular formula is C19H23BrN2O3. The minimum atomic E-state index is -0.503. The standard InChI is InChI=1S/C19H23BrN2O3/c1-11-3-9-15(10-4-11)25-18(23)16-12(2)21-19(24)22-17(16)13-5-7-14(20)8-6-13/h5-8,11,15,17H,3-4,9-10H2,1-2H3,(H2,21,22,24)/t11?,15?,17-/m1/s1. The van der Waals surface area contributed by atoms with Crippen LogP contribution in [0.5, 0.6) is 0 Å². The van der Waals surface area contributed by atoms with Crippen LogP contribution in [0.15, 0.2) is 40.0 Å². The number of rotatable bonds is 3. The second kappa shape index (κ2) is 7.60. The normalized spacial score (nSPS) is 26.7. The number of carbonyl (C=O) groups excluding carboxylic acids is 2. The highest BCUT2D eigenvalue weighted by molar-refractivity contribution is 9.10. The number of allylic oxidation sites excluding steroid dienone is 1. The van der Waals surface area contributed by atoms with E-state index in [1.807, 2.05) is 24.3 Å². The summed E-state index contributed by atoms with van der Waals surface area (Å²) in [4.78, 5) is 24.7. The van der Waals surface area contributed by atoms with Crippen molar-refractivity contribution in [1.82, 2.24) is 10.6 Å². The lowest BCUT2D eigenvalue weighted by atomic mass is 9.89. The molecule has 1 aromatic rings. The van der Waals surface area contributed by atoms with Gasteiger partial charge in [-0.15, -0.1) is 0 Å². The first-order chi connectivity index (χ1) is 11.9. The molecular weight excluding hydrogens is 384 g/mol. The zero-order valence-electron chi connectivity index (χ0n) is 14.5.